The molecule has 0 aromatic heterocycles. The van der Waals surface area contributed by atoms with Gasteiger partial charge in [0.05, 0.1) is 12.2 Å². The van der Waals surface area contributed by atoms with Gasteiger partial charge in [-0.15, -0.1) is 0 Å². The van der Waals surface area contributed by atoms with Gasteiger partial charge < -0.3 is 9.47 Å². The first-order valence-corrected chi connectivity index (χ1v) is 7.72. The van der Waals surface area contributed by atoms with Crippen LogP contribution < -0.4 is 4.74 Å². The average Bonchev–Trinajstić information content (AvgIpc) is 2.61. The van der Waals surface area contributed by atoms with Gasteiger partial charge in [-0.05, 0) is 54.4 Å². The molecule has 0 N–H and O–H groups in total. The van der Waals surface area contributed by atoms with Crippen molar-refractivity contribution in [1.29, 1.82) is 0 Å². The van der Waals surface area contributed by atoms with Gasteiger partial charge in [-0.25, -0.2) is 4.79 Å². The predicted octanol–water partition coefficient (Wildman–Crippen LogP) is 5.71. The van der Waals surface area contributed by atoms with E-state index in [4.69, 9.17) is 15.0 Å². The van der Waals surface area contributed by atoms with Gasteiger partial charge >= 0.3 is 12.1 Å². The highest BCUT2D eigenvalue weighted by Crippen LogP contribution is 2.32. The maximum absolute atomic E-state index is 12.8. The number of hydrogen-bond acceptors (Lipinski definition) is 4. The van der Waals surface area contributed by atoms with Crippen molar-refractivity contribution >= 4 is 12.0 Å². The monoisotopic (exact) mass is 377 g/mol. The zero-order valence-electron chi connectivity index (χ0n) is 14.1. The molecule has 27 heavy (non-hydrogen) atoms. The molecule has 0 amide bonds. The van der Waals surface area contributed by atoms with E-state index in [9.17, 15) is 18.0 Å². The molecule has 2 aromatic rings. The number of nitrogens with zero attached hydrogens (tertiary/aromatic N) is 3. The minimum absolute atomic E-state index is 0.00613. The molecule has 0 saturated carbocycles. The van der Waals surface area contributed by atoms with Crippen LogP contribution in [0.4, 0.5) is 13.2 Å². The Morgan fingerprint density at radius 2 is 1.85 bits per heavy atom. The Kier molecular flexibility index (Phi) is 6.46. The Morgan fingerprint density at radius 1 is 1.19 bits per heavy atom. The van der Waals surface area contributed by atoms with E-state index in [0.717, 1.165) is 12.1 Å². The number of hydrogen-bond donors (Lipinski definition) is 0. The molecule has 0 fully saturated rings. The smallest absolute Gasteiger partial charge is 0.416 e. The van der Waals surface area contributed by atoms with Crippen molar-refractivity contribution in [3.05, 3.63) is 75.8 Å². The molecular formula is C18H14F3N3O3. The van der Waals surface area contributed by atoms with Crippen LogP contribution in [0.1, 0.15) is 18.1 Å². The van der Waals surface area contributed by atoms with Gasteiger partial charge in [-0.3, -0.25) is 0 Å². The lowest BCUT2D eigenvalue weighted by Gasteiger charge is -2.10. The standard InChI is InChI=1S/C18H14F3N3O3/c1-2-26-17(25)16(23-24-22)10-12-5-3-7-14(9-12)27-15-8-4-6-13(11-15)18(19,20)21/h3-11H,2H2,1H3/b16-10-. The summed E-state index contributed by atoms with van der Waals surface area (Å²) >= 11 is 0. The number of alkyl halides is 3. The number of azide groups is 1. The van der Waals surface area contributed by atoms with E-state index in [1.807, 2.05) is 0 Å². The Hall–Kier alpha value is -3.45. The Bertz CT molecular complexity index is 904. The molecule has 0 atom stereocenters. The van der Waals surface area contributed by atoms with Gasteiger partial charge in [-0.1, -0.05) is 23.3 Å². The molecule has 9 heteroatoms. The van der Waals surface area contributed by atoms with Crippen molar-refractivity contribution < 1.29 is 27.4 Å². The number of ether oxygens (including phenoxy) is 2. The lowest BCUT2D eigenvalue weighted by atomic mass is 10.1. The fraction of sp³-hybridized carbons (Fsp3) is 0.167. The lowest BCUT2D eigenvalue weighted by molar-refractivity contribution is -0.139. The first-order valence-electron chi connectivity index (χ1n) is 7.72. The SMILES string of the molecule is CCOC(=O)/C(=C/c1cccc(Oc2cccc(C(F)(F)F)c2)c1)N=[N+]=[N-]. The number of carbonyl (C=O) groups excluding carboxylic acids is 1. The number of rotatable bonds is 6. The fourth-order valence-corrected chi connectivity index (χ4v) is 2.08. The van der Waals surface area contributed by atoms with E-state index in [2.05, 4.69) is 10.0 Å². The highest BCUT2D eigenvalue weighted by Gasteiger charge is 2.30. The lowest BCUT2D eigenvalue weighted by Crippen LogP contribution is -2.05. The molecule has 0 aliphatic rings. The number of carbonyl (C=O) groups is 1. The van der Waals surface area contributed by atoms with E-state index in [-0.39, 0.29) is 23.8 Å². The van der Waals surface area contributed by atoms with Crippen LogP contribution in [0, 0.1) is 0 Å². The summed E-state index contributed by atoms with van der Waals surface area (Å²) in [5, 5.41) is 3.29. The molecule has 0 bridgehead atoms. The molecule has 6 nitrogen and oxygen atoms in total. The van der Waals surface area contributed by atoms with Crippen LogP contribution in [-0.2, 0) is 15.7 Å². The van der Waals surface area contributed by atoms with Crippen LogP contribution in [0.25, 0.3) is 16.5 Å². The summed E-state index contributed by atoms with van der Waals surface area (Å²) in [7, 11) is 0. The zero-order valence-corrected chi connectivity index (χ0v) is 14.1. The van der Waals surface area contributed by atoms with E-state index in [0.29, 0.717) is 5.56 Å². The molecule has 2 rings (SSSR count). The van der Waals surface area contributed by atoms with E-state index in [1.54, 1.807) is 19.1 Å². The first kappa shape index (κ1) is 19.9. The number of halogens is 3. The molecule has 0 spiro atoms. The largest absolute Gasteiger partial charge is 0.462 e. The molecule has 0 aliphatic heterocycles. The second-order valence-corrected chi connectivity index (χ2v) is 5.14. The molecule has 2 aromatic carbocycles. The van der Waals surface area contributed by atoms with Crippen LogP contribution in [0.2, 0.25) is 0 Å². The normalized spacial score (nSPS) is 11.5. The van der Waals surface area contributed by atoms with Crippen molar-refractivity contribution in [2.75, 3.05) is 6.61 Å². The van der Waals surface area contributed by atoms with E-state index in [1.165, 1.54) is 30.3 Å². The maximum atomic E-state index is 12.8. The van der Waals surface area contributed by atoms with Gasteiger partial charge in [0.2, 0.25) is 0 Å². The molecule has 0 aliphatic carbocycles. The van der Waals surface area contributed by atoms with E-state index < -0.39 is 17.7 Å². The number of esters is 1. The van der Waals surface area contributed by atoms with Gasteiger partial charge in [0.25, 0.3) is 0 Å². The molecule has 0 radical (unpaired) electrons. The summed E-state index contributed by atoms with van der Waals surface area (Å²) in [5.74, 6) is -0.543. The molecule has 0 heterocycles. The predicted molar refractivity (Wildman–Crippen MR) is 91.7 cm³/mol. The second kappa shape index (κ2) is 8.77. The highest BCUT2D eigenvalue weighted by molar-refractivity contribution is 5.93. The summed E-state index contributed by atoms with van der Waals surface area (Å²) in [4.78, 5) is 14.3. The first-order chi connectivity index (χ1) is 12.8. The van der Waals surface area contributed by atoms with Crippen molar-refractivity contribution in [3.63, 3.8) is 0 Å². The van der Waals surface area contributed by atoms with Crippen LogP contribution in [0.5, 0.6) is 11.5 Å². The fourth-order valence-electron chi connectivity index (χ4n) is 2.08. The molecule has 140 valence electrons. The van der Waals surface area contributed by atoms with Gasteiger partial charge in [0.1, 0.15) is 17.2 Å². The summed E-state index contributed by atoms with van der Waals surface area (Å²) in [5.41, 5.74) is 7.92. The van der Waals surface area contributed by atoms with E-state index >= 15 is 0 Å². The summed E-state index contributed by atoms with van der Waals surface area (Å²) in [6, 6.07) is 10.6. The highest BCUT2D eigenvalue weighted by atomic mass is 19.4. The minimum Gasteiger partial charge on any atom is -0.462 e. The second-order valence-electron chi connectivity index (χ2n) is 5.14. The average molecular weight is 377 g/mol. The Labute approximate surface area is 152 Å². The van der Waals surface area contributed by atoms with Crippen LogP contribution >= 0.6 is 0 Å². The Morgan fingerprint density at radius 3 is 2.48 bits per heavy atom. The van der Waals surface area contributed by atoms with Crippen LogP contribution in [0.3, 0.4) is 0 Å². The van der Waals surface area contributed by atoms with Crippen molar-refractivity contribution in [2.45, 2.75) is 13.1 Å². The molecule has 0 saturated heterocycles. The quantitative estimate of drug-likeness (QED) is 0.212. The number of benzene rings is 2. The third kappa shape index (κ3) is 5.79. The topological polar surface area (TPSA) is 84.3 Å². The zero-order chi connectivity index (χ0) is 19.9. The summed E-state index contributed by atoms with van der Waals surface area (Å²) in [6.45, 7) is 1.71. The van der Waals surface area contributed by atoms with Gasteiger partial charge in [-0.2, -0.15) is 13.2 Å². The maximum Gasteiger partial charge on any atom is 0.416 e. The summed E-state index contributed by atoms with van der Waals surface area (Å²) < 4.78 is 48.6. The minimum atomic E-state index is -4.48. The van der Waals surface area contributed by atoms with Crippen LogP contribution in [-0.4, -0.2) is 12.6 Å². The Balaban J connectivity index is 2.28. The van der Waals surface area contributed by atoms with Gasteiger partial charge in [0, 0.05) is 4.91 Å². The van der Waals surface area contributed by atoms with Crippen molar-refractivity contribution in [3.8, 4) is 11.5 Å². The molecule has 0 unspecified atom stereocenters. The summed E-state index contributed by atoms with van der Waals surface area (Å²) in [6.07, 6.45) is -3.19. The third-order valence-electron chi connectivity index (χ3n) is 3.20. The molecular weight excluding hydrogens is 363 g/mol. The van der Waals surface area contributed by atoms with Crippen LogP contribution in [0.15, 0.2) is 59.3 Å². The third-order valence-corrected chi connectivity index (χ3v) is 3.20. The van der Waals surface area contributed by atoms with Crippen molar-refractivity contribution in [2.24, 2.45) is 5.11 Å². The van der Waals surface area contributed by atoms with Crippen molar-refractivity contribution in [1.82, 2.24) is 0 Å². The van der Waals surface area contributed by atoms with Gasteiger partial charge in [0.15, 0.2) is 0 Å².